The maximum atomic E-state index is 14.1. The van der Waals surface area contributed by atoms with Gasteiger partial charge in [-0.2, -0.15) is 8.78 Å². The summed E-state index contributed by atoms with van der Waals surface area (Å²) < 4.78 is 48.1. The molecule has 26 heavy (non-hydrogen) atoms. The quantitative estimate of drug-likeness (QED) is 0.693. The number of anilines is 2. The number of nitrogens with zero attached hydrogens (tertiary/aromatic N) is 2. The van der Waals surface area contributed by atoms with Crippen molar-refractivity contribution >= 4 is 28.4 Å². The number of ether oxygens (including phenoxy) is 2. The molecule has 0 aliphatic rings. The Balaban J connectivity index is 2.01. The highest BCUT2D eigenvalue weighted by Crippen LogP contribution is 2.29. The van der Waals surface area contributed by atoms with Crippen LogP contribution in [0.5, 0.6) is 5.75 Å². The van der Waals surface area contributed by atoms with Crippen LogP contribution in [0.1, 0.15) is 10.4 Å². The highest BCUT2D eigenvalue weighted by molar-refractivity contribution is 6.03. The van der Waals surface area contributed by atoms with Crippen molar-refractivity contribution in [1.82, 2.24) is 9.97 Å². The van der Waals surface area contributed by atoms with Crippen molar-refractivity contribution < 1.29 is 27.4 Å². The Morgan fingerprint density at radius 3 is 2.77 bits per heavy atom. The molecular weight excluding hydrogens is 351 g/mol. The van der Waals surface area contributed by atoms with Crippen molar-refractivity contribution in [3.05, 3.63) is 54.1 Å². The van der Waals surface area contributed by atoms with Gasteiger partial charge in [0.25, 0.3) is 0 Å². The SMILES string of the molecule is COC(=O)c1ccc(F)c2cc(Nc3ncccc3OC(F)F)cnc12. The predicted molar refractivity (Wildman–Crippen MR) is 87.2 cm³/mol. The highest BCUT2D eigenvalue weighted by atomic mass is 19.3. The molecule has 0 unspecified atom stereocenters. The van der Waals surface area contributed by atoms with Gasteiger partial charge in [-0.15, -0.1) is 0 Å². The minimum absolute atomic E-state index is 0.0125. The second-order valence-corrected chi connectivity index (χ2v) is 5.06. The zero-order valence-electron chi connectivity index (χ0n) is 13.4. The summed E-state index contributed by atoms with van der Waals surface area (Å²) in [7, 11) is 1.21. The molecule has 134 valence electrons. The van der Waals surface area contributed by atoms with Crippen LogP contribution in [0.2, 0.25) is 0 Å². The number of fused-ring (bicyclic) bond motifs is 1. The molecule has 0 atom stereocenters. The number of carbonyl (C=O) groups is 1. The van der Waals surface area contributed by atoms with E-state index in [1.165, 1.54) is 43.8 Å². The van der Waals surface area contributed by atoms with E-state index in [-0.39, 0.29) is 33.7 Å². The van der Waals surface area contributed by atoms with E-state index in [0.717, 1.165) is 6.07 Å². The number of nitrogens with one attached hydrogen (secondary N) is 1. The number of hydrogen-bond donors (Lipinski definition) is 1. The predicted octanol–water partition coefficient (Wildman–Crippen LogP) is 3.90. The van der Waals surface area contributed by atoms with Gasteiger partial charge in [0.15, 0.2) is 11.6 Å². The minimum atomic E-state index is -3.02. The van der Waals surface area contributed by atoms with Crippen LogP contribution >= 0.6 is 0 Å². The fourth-order valence-electron chi connectivity index (χ4n) is 2.34. The monoisotopic (exact) mass is 363 g/mol. The van der Waals surface area contributed by atoms with Gasteiger partial charge in [-0.05, 0) is 30.3 Å². The summed E-state index contributed by atoms with van der Waals surface area (Å²) in [6.07, 6.45) is 2.69. The normalized spacial score (nSPS) is 10.8. The largest absolute Gasteiger partial charge is 0.465 e. The lowest BCUT2D eigenvalue weighted by atomic mass is 10.1. The minimum Gasteiger partial charge on any atom is -0.465 e. The van der Waals surface area contributed by atoms with Crippen molar-refractivity contribution in [2.75, 3.05) is 12.4 Å². The number of benzene rings is 1. The molecule has 0 bridgehead atoms. The van der Waals surface area contributed by atoms with Crippen LogP contribution in [0.15, 0.2) is 42.7 Å². The molecule has 1 aromatic carbocycles. The van der Waals surface area contributed by atoms with Crippen LogP contribution in [0.3, 0.4) is 0 Å². The molecular formula is C17H12F3N3O3. The van der Waals surface area contributed by atoms with Gasteiger partial charge in [0.1, 0.15) is 5.82 Å². The lowest BCUT2D eigenvalue weighted by Gasteiger charge is -2.12. The average Bonchev–Trinajstić information content (AvgIpc) is 2.63. The maximum Gasteiger partial charge on any atom is 0.387 e. The van der Waals surface area contributed by atoms with E-state index < -0.39 is 18.4 Å². The first-order chi connectivity index (χ1) is 12.5. The second-order valence-electron chi connectivity index (χ2n) is 5.06. The van der Waals surface area contributed by atoms with Gasteiger partial charge < -0.3 is 14.8 Å². The zero-order chi connectivity index (χ0) is 18.7. The van der Waals surface area contributed by atoms with Gasteiger partial charge in [0.2, 0.25) is 0 Å². The molecule has 0 radical (unpaired) electrons. The molecule has 0 saturated carbocycles. The fraction of sp³-hybridized carbons (Fsp3) is 0.118. The summed E-state index contributed by atoms with van der Waals surface area (Å²) in [6.45, 7) is -3.02. The first-order valence-corrected chi connectivity index (χ1v) is 7.33. The molecule has 3 rings (SSSR count). The molecule has 1 N–H and O–H groups in total. The zero-order valence-corrected chi connectivity index (χ0v) is 13.4. The number of carbonyl (C=O) groups excluding carboxylic acids is 1. The van der Waals surface area contributed by atoms with E-state index in [9.17, 15) is 18.0 Å². The van der Waals surface area contributed by atoms with Crippen molar-refractivity contribution in [2.24, 2.45) is 0 Å². The number of aromatic nitrogens is 2. The summed E-state index contributed by atoms with van der Waals surface area (Å²) in [5, 5.41) is 2.81. The molecule has 2 aromatic heterocycles. The number of alkyl halides is 2. The van der Waals surface area contributed by atoms with E-state index in [1.54, 1.807) is 0 Å². The van der Waals surface area contributed by atoms with Crippen LogP contribution in [0, 0.1) is 5.82 Å². The third-order valence-electron chi connectivity index (χ3n) is 3.45. The van der Waals surface area contributed by atoms with Gasteiger partial charge >= 0.3 is 12.6 Å². The topological polar surface area (TPSA) is 73.3 Å². The second kappa shape index (κ2) is 7.26. The summed E-state index contributed by atoms with van der Waals surface area (Å²) in [4.78, 5) is 19.8. The third kappa shape index (κ3) is 3.51. The number of hydrogen-bond acceptors (Lipinski definition) is 6. The fourth-order valence-corrected chi connectivity index (χ4v) is 2.34. The van der Waals surface area contributed by atoms with Crippen molar-refractivity contribution in [1.29, 1.82) is 0 Å². The molecule has 6 nitrogen and oxygen atoms in total. The van der Waals surface area contributed by atoms with Gasteiger partial charge in [0, 0.05) is 11.6 Å². The van der Waals surface area contributed by atoms with E-state index in [1.807, 2.05) is 0 Å². The molecule has 0 aliphatic carbocycles. The number of esters is 1. The first-order valence-electron chi connectivity index (χ1n) is 7.33. The van der Waals surface area contributed by atoms with Crippen LogP contribution in [0.4, 0.5) is 24.7 Å². The Bertz CT molecular complexity index is 966. The number of rotatable bonds is 5. The molecule has 0 aliphatic heterocycles. The van der Waals surface area contributed by atoms with Crippen LogP contribution < -0.4 is 10.1 Å². The summed E-state index contributed by atoms with van der Waals surface area (Å²) in [5.74, 6) is -1.42. The molecule has 0 saturated heterocycles. The van der Waals surface area contributed by atoms with Crippen LogP contribution in [0.25, 0.3) is 10.9 Å². The Morgan fingerprint density at radius 2 is 2.04 bits per heavy atom. The molecule has 0 spiro atoms. The number of halogens is 3. The van der Waals surface area contributed by atoms with E-state index in [0.29, 0.717) is 0 Å². The van der Waals surface area contributed by atoms with E-state index >= 15 is 0 Å². The summed E-state index contributed by atoms with van der Waals surface area (Å²) in [5.41, 5.74) is 0.499. The van der Waals surface area contributed by atoms with Crippen molar-refractivity contribution in [3.63, 3.8) is 0 Å². The standard InChI is InChI=1S/C17H12F3N3O3/c1-25-16(24)10-4-5-12(18)11-7-9(8-22-14(10)11)23-15-13(26-17(19)20)3-2-6-21-15/h2-8,17H,1H3,(H,21,23). The molecule has 0 fully saturated rings. The molecule has 2 heterocycles. The van der Waals surface area contributed by atoms with Crippen LogP contribution in [-0.2, 0) is 4.74 Å². The lowest BCUT2D eigenvalue weighted by molar-refractivity contribution is -0.0495. The first kappa shape index (κ1) is 17.5. The highest BCUT2D eigenvalue weighted by Gasteiger charge is 2.16. The Labute approximate surface area is 145 Å². The van der Waals surface area contributed by atoms with Gasteiger partial charge in [-0.25, -0.2) is 14.2 Å². The number of methoxy groups -OCH3 is 1. The van der Waals surface area contributed by atoms with Gasteiger partial charge in [-0.3, -0.25) is 4.98 Å². The Morgan fingerprint density at radius 1 is 1.23 bits per heavy atom. The van der Waals surface area contributed by atoms with Gasteiger partial charge in [-0.1, -0.05) is 0 Å². The third-order valence-corrected chi connectivity index (χ3v) is 3.45. The van der Waals surface area contributed by atoms with Crippen molar-refractivity contribution in [3.8, 4) is 5.75 Å². The summed E-state index contributed by atoms with van der Waals surface area (Å²) in [6, 6.07) is 6.52. The molecule has 3 aromatic rings. The van der Waals surface area contributed by atoms with E-state index in [4.69, 9.17) is 0 Å². The van der Waals surface area contributed by atoms with E-state index in [2.05, 4.69) is 24.8 Å². The molecule has 9 heteroatoms. The molecule has 0 amide bonds. The Hall–Kier alpha value is -3.36. The number of pyridine rings is 2. The average molecular weight is 363 g/mol. The smallest absolute Gasteiger partial charge is 0.387 e. The van der Waals surface area contributed by atoms with Crippen molar-refractivity contribution in [2.45, 2.75) is 6.61 Å². The maximum absolute atomic E-state index is 14.1. The van der Waals surface area contributed by atoms with Gasteiger partial charge in [0.05, 0.1) is 30.1 Å². The Kier molecular flexibility index (Phi) is 4.87. The lowest BCUT2D eigenvalue weighted by Crippen LogP contribution is -2.06. The summed E-state index contributed by atoms with van der Waals surface area (Å²) >= 11 is 0. The van der Waals surface area contributed by atoms with Crippen LogP contribution in [-0.4, -0.2) is 29.7 Å².